The minimum absolute atomic E-state index is 0.0274. The lowest BCUT2D eigenvalue weighted by Crippen LogP contribution is -2.47. The minimum Gasteiger partial charge on any atom is -0.409 e. The van der Waals surface area contributed by atoms with E-state index in [1.807, 2.05) is 18.3 Å². The van der Waals surface area contributed by atoms with Gasteiger partial charge in [-0.1, -0.05) is 20.8 Å². The molecule has 1 aromatic heterocycles. The van der Waals surface area contributed by atoms with Gasteiger partial charge in [-0.05, 0) is 46.2 Å². The van der Waals surface area contributed by atoms with Crippen molar-refractivity contribution in [1.82, 2.24) is 4.98 Å². The number of aromatic nitrogens is 1. The van der Waals surface area contributed by atoms with Gasteiger partial charge in [0.2, 0.25) is 0 Å². The van der Waals surface area contributed by atoms with Gasteiger partial charge in [-0.15, -0.1) is 0 Å². The van der Waals surface area contributed by atoms with Gasteiger partial charge >= 0.3 is 0 Å². The first-order chi connectivity index (χ1) is 10.7. The zero-order valence-electron chi connectivity index (χ0n) is 14.5. The number of hydrogen-bond donors (Lipinski definition) is 0. The summed E-state index contributed by atoms with van der Waals surface area (Å²) in [7, 11) is -1.82. The number of pyridine rings is 1. The smallest absolute Gasteiger partial charge is 0.192 e. The summed E-state index contributed by atoms with van der Waals surface area (Å²) in [5.41, 5.74) is 1.04. The summed E-state index contributed by atoms with van der Waals surface area (Å²) in [6.45, 7) is 12.6. The molecule has 1 aromatic rings. The van der Waals surface area contributed by atoms with Crippen molar-refractivity contribution in [3.05, 3.63) is 28.5 Å². The zero-order chi connectivity index (χ0) is 16.8. The largest absolute Gasteiger partial charge is 0.409 e. The molecule has 3 rings (SSSR count). The van der Waals surface area contributed by atoms with Crippen molar-refractivity contribution >= 4 is 24.2 Å². The van der Waals surface area contributed by atoms with E-state index >= 15 is 0 Å². The molecule has 128 valence electrons. The van der Waals surface area contributed by atoms with Crippen molar-refractivity contribution in [2.24, 2.45) is 0 Å². The van der Waals surface area contributed by atoms with Crippen LogP contribution in [0.4, 0.5) is 0 Å². The van der Waals surface area contributed by atoms with Crippen LogP contribution in [0.2, 0.25) is 18.1 Å². The fraction of sp³-hybridized carbons (Fsp3) is 0.706. The van der Waals surface area contributed by atoms with E-state index in [-0.39, 0.29) is 29.3 Å². The highest BCUT2D eigenvalue weighted by molar-refractivity contribution is 9.10. The molecule has 0 N–H and O–H groups in total. The van der Waals surface area contributed by atoms with Crippen LogP contribution in [-0.2, 0) is 13.9 Å². The fourth-order valence-corrected chi connectivity index (χ4v) is 4.53. The Bertz CT molecular complexity index is 558. The Hall–Kier alpha value is -0.273. The van der Waals surface area contributed by atoms with Gasteiger partial charge in [0.25, 0.3) is 0 Å². The second-order valence-electron chi connectivity index (χ2n) is 8.02. The van der Waals surface area contributed by atoms with Crippen LogP contribution in [0.1, 0.15) is 32.4 Å². The molecule has 0 radical (unpaired) electrons. The second-order valence-corrected chi connectivity index (χ2v) is 13.7. The van der Waals surface area contributed by atoms with E-state index in [1.54, 1.807) is 0 Å². The molecular formula is C17H26BrNO3Si. The molecule has 0 bridgehead atoms. The van der Waals surface area contributed by atoms with Gasteiger partial charge in [-0.25, -0.2) is 0 Å². The normalized spacial score (nSPS) is 31.4. The summed E-state index contributed by atoms with van der Waals surface area (Å²) in [6, 6.07) is 4.07. The summed E-state index contributed by atoms with van der Waals surface area (Å²) < 4.78 is 19.7. The van der Waals surface area contributed by atoms with E-state index in [0.717, 1.165) is 10.2 Å². The van der Waals surface area contributed by atoms with Gasteiger partial charge in [0, 0.05) is 16.4 Å². The first-order valence-electron chi connectivity index (χ1n) is 8.21. The molecule has 0 spiro atoms. The van der Waals surface area contributed by atoms with Crippen molar-refractivity contribution < 1.29 is 13.9 Å². The Labute approximate surface area is 148 Å². The SMILES string of the molecule is CC(C)(C)[Si](C)(C)O[C@@H]1CO[C@H]2[C@@H]1OC[C@H]2c1ccc(Br)cn1. The van der Waals surface area contributed by atoms with Gasteiger partial charge in [0.1, 0.15) is 6.10 Å². The van der Waals surface area contributed by atoms with E-state index in [4.69, 9.17) is 13.9 Å². The molecular weight excluding hydrogens is 374 g/mol. The number of hydrogen-bond acceptors (Lipinski definition) is 4. The predicted octanol–water partition coefficient (Wildman–Crippen LogP) is 4.12. The average molecular weight is 400 g/mol. The second kappa shape index (κ2) is 6.22. The van der Waals surface area contributed by atoms with Crippen LogP contribution in [0.3, 0.4) is 0 Å². The van der Waals surface area contributed by atoms with Crippen LogP contribution in [-0.4, -0.2) is 44.8 Å². The lowest BCUT2D eigenvalue weighted by Gasteiger charge is -2.39. The maximum absolute atomic E-state index is 6.54. The Balaban J connectivity index is 1.71. The molecule has 6 heteroatoms. The summed E-state index contributed by atoms with van der Waals surface area (Å²) in [5, 5.41) is 0.191. The van der Waals surface area contributed by atoms with Gasteiger partial charge in [0.05, 0.1) is 31.3 Å². The quantitative estimate of drug-likeness (QED) is 0.716. The standard InChI is InChI=1S/C17H26BrNO3Si/c1-17(2,3)23(4,5)22-14-10-21-15-12(9-20-16(14)15)13-7-6-11(18)8-19-13/h6-8,12,14-16H,9-10H2,1-5H3/t12-,14+,15+,16+/m0/s1. The first-order valence-corrected chi connectivity index (χ1v) is 11.9. The monoisotopic (exact) mass is 399 g/mol. The van der Waals surface area contributed by atoms with Crippen molar-refractivity contribution in [1.29, 1.82) is 0 Å². The van der Waals surface area contributed by atoms with Crippen molar-refractivity contribution in [2.75, 3.05) is 13.2 Å². The minimum atomic E-state index is -1.82. The van der Waals surface area contributed by atoms with Gasteiger partial charge in [0.15, 0.2) is 8.32 Å². The average Bonchev–Trinajstić information content (AvgIpc) is 3.01. The molecule has 4 nitrogen and oxygen atoms in total. The summed E-state index contributed by atoms with van der Waals surface area (Å²) in [6.07, 6.45) is 1.96. The number of nitrogens with zero attached hydrogens (tertiary/aromatic N) is 1. The van der Waals surface area contributed by atoms with Crippen LogP contribution in [0.15, 0.2) is 22.8 Å². The third-order valence-electron chi connectivity index (χ3n) is 5.39. The molecule has 0 aromatic carbocycles. The van der Waals surface area contributed by atoms with Crippen LogP contribution in [0.25, 0.3) is 0 Å². The fourth-order valence-electron chi connectivity index (χ4n) is 2.98. The van der Waals surface area contributed by atoms with E-state index in [1.165, 1.54) is 0 Å². The molecule has 0 amide bonds. The zero-order valence-corrected chi connectivity index (χ0v) is 17.1. The third kappa shape index (κ3) is 3.42. The van der Waals surface area contributed by atoms with Crippen LogP contribution in [0, 0.1) is 0 Å². The molecule has 2 fully saturated rings. The molecule has 0 aliphatic carbocycles. The van der Waals surface area contributed by atoms with Gasteiger partial charge in [-0.3, -0.25) is 4.98 Å². The molecule has 0 unspecified atom stereocenters. The topological polar surface area (TPSA) is 40.6 Å². The molecule has 2 aliphatic heterocycles. The number of rotatable bonds is 3. The molecule has 4 atom stereocenters. The van der Waals surface area contributed by atoms with Gasteiger partial charge in [-0.2, -0.15) is 0 Å². The lowest BCUT2D eigenvalue weighted by atomic mass is 9.97. The number of halogens is 1. The first kappa shape index (κ1) is 17.5. The molecule has 23 heavy (non-hydrogen) atoms. The predicted molar refractivity (Wildman–Crippen MR) is 96.2 cm³/mol. The van der Waals surface area contributed by atoms with E-state index < -0.39 is 8.32 Å². The van der Waals surface area contributed by atoms with Crippen LogP contribution in [0.5, 0.6) is 0 Å². The summed E-state index contributed by atoms with van der Waals surface area (Å²) in [5.74, 6) is 0.195. The van der Waals surface area contributed by atoms with Crippen LogP contribution < -0.4 is 0 Å². The number of ether oxygens (including phenoxy) is 2. The van der Waals surface area contributed by atoms with Crippen LogP contribution >= 0.6 is 15.9 Å². The Morgan fingerprint density at radius 2 is 1.87 bits per heavy atom. The Kier molecular flexibility index (Phi) is 4.75. The lowest BCUT2D eigenvalue weighted by molar-refractivity contribution is 0.0241. The summed E-state index contributed by atoms with van der Waals surface area (Å²) in [4.78, 5) is 4.52. The van der Waals surface area contributed by atoms with E-state index in [2.05, 4.69) is 54.8 Å². The maximum atomic E-state index is 6.54. The Morgan fingerprint density at radius 3 is 2.48 bits per heavy atom. The van der Waals surface area contributed by atoms with Crippen molar-refractivity contribution in [2.45, 2.75) is 63.1 Å². The molecule has 2 saturated heterocycles. The third-order valence-corrected chi connectivity index (χ3v) is 10.4. The van der Waals surface area contributed by atoms with Gasteiger partial charge < -0.3 is 13.9 Å². The number of fused-ring (bicyclic) bond motifs is 1. The Morgan fingerprint density at radius 1 is 1.17 bits per heavy atom. The highest BCUT2D eigenvalue weighted by atomic mass is 79.9. The van der Waals surface area contributed by atoms with E-state index in [0.29, 0.717) is 13.2 Å². The van der Waals surface area contributed by atoms with Crippen molar-refractivity contribution in [3.63, 3.8) is 0 Å². The molecule has 3 heterocycles. The molecule has 2 aliphatic rings. The summed E-state index contributed by atoms with van der Waals surface area (Å²) >= 11 is 3.43. The highest BCUT2D eigenvalue weighted by Crippen LogP contribution is 2.42. The van der Waals surface area contributed by atoms with Crippen molar-refractivity contribution in [3.8, 4) is 0 Å². The highest BCUT2D eigenvalue weighted by Gasteiger charge is 2.51. The molecule has 0 saturated carbocycles. The maximum Gasteiger partial charge on any atom is 0.192 e. The van der Waals surface area contributed by atoms with E-state index in [9.17, 15) is 0 Å².